The number of nitrogens with zero attached hydrogens (tertiary/aromatic N) is 6. The van der Waals surface area contributed by atoms with Gasteiger partial charge >= 0.3 is 5.69 Å². The molecule has 2 amide bonds. The molecule has 41 heavy (non-hydrogen) atoms. The lowest BCUT2D eigenvalue weighted by molar-refractivity contribution is -0.126. The Morgan fingerprint density at radius 3 is 2.34 bits per heavy atom. The molecular weight excluding hydrogens is 529 g/mol. The SMILES string of the molecule is CN1CC(CN(C(=O)c2ccc(F)cc2)c2ccc(-c3nc4c([nH]3)c(=O)n(C3CC3)c(=O)n4C3CC3)cn2)CC1=O. The van der Waals surface area contributed by atoms with E-state index in [1.165, 1.54) is 33.7 Å². The Morgan fingerprint density at radius 1 is 1.02 bits per heavy atom. The van der Waals surface area contributed by atoms with Crippen molar-refractivity contribution in [1.82, 2.24) is 29.0 Å². The molecule has 7 rings (SSSR count). The maximum absolute atomic E-state index is 13.5. The first-order valence-electron chi connectivity index (χ1n) is 13.8. The van der Waals surface area contributed by atoms with Gasteiger partial charge in [0.15, 0.2) is 5.65 Å². The number of halogens is 1. The van der Waals surface area contributed by atoms with Gasteiger partial charge in [0.2, 0.25) is 5.91 Å². The molecule has 1 aliphatic heterocycles. The summed E-state index contributed by atoms with van der Waals surface area (Å²) >= 11 is 0. The fourth-order valence-electron chi connectivity index (χ4n) is 5.61. The Bertz CT molecular complexity index is 1800. The summed E-state index contributed by atoms with van der Waals surface area (Å²) in [6, 6.07) is 8.72. The summed E-state index contributed by atoms with van der Waals surface area (Å²) in [6.45, 7) is 0.780. The van der Waals surface area contributed by atoms with Crippen molar-refractivity contribution in [3.63, 3.8) is 0 Å². The molecule has 11 nitrogen and oxygen atoms in total. The number of imidazole rings is 1. The number of hydrogen-bond donors (Lipinski definition) is 1. The highest BCUT2D eigenvalue weighted by atomic mass is 19.1. The molecule has 0 bridgehead atoms. The number of carbonyl (C=O) groups excluding carboxylic acids is 2. The van der Waals surface area contributed by atoms with Gasteiger partial charge in [-0.25, -0.2) is 19.2 Å². The molecule has 1 unspecified atom stereocenters. The van der Waals surface area contributed by atoms with Crippen molar-refractivity contribution in [3.05, 3.63) is 74.8 Å². The highest BCUT2D eigenvalue weighted by Gasteiger charge is 2.35. The van der Waals surface area contributed by atoms with Crippen LogP contribution < -0.4 is 16.1 Å². The van der Waals surface area contributed by atoms with Crippen LogP contribution in [0.1, 0.15) is 54.5 Å². The van der Waals surface area contributed by atoms with Gasteiger partial charge in [-0.1, -0.05) is 0 Å². The molecule has 3 aliphatic rings. The largest absolute Gasteiger partial charge is 0.345 e. The summed E-state index contributed by atoms with van der Waals surface area (Å²) in [5.74, 6) is -0.0973. The van der Waals surface area contributed by atoms with Crippen molar-refractivity contribution >= 4 is 28.8 Å². The zero-order valence-electron chi connectivity index (χ0n) is 22.4. The Balaban J connectivity index is 1.24. The average Bonchev–Trinajstić information content (AvgIpc) is 3.89. The van der Waals surface area contributed by atoms with Gasteiger partial charge in [-0.15, -0.1) is 0 Å². The van der Waals surface area contributed by atoms with E-state index in [9.17, 15) is 23.6 Å². The van der Waals surface area contributed by atoms with E-state index in [2.05, 4.69) is 15.0 Å². The van der Waals surface area contributed by atoms with Crippen molar-refractivity contribution < 1.29 is 14.0 Å². The smallest absolute Gasteiger partial charge is 0.333 e. The van der Waals surface area contributed by atoms with Crippen molar-refractivity contribution in [1.29, 1.82) is 0 Å². The van der Waals surface area contributed by atoms with E-state index >= 15 is 0 Å². The van der Waals surface area contributed by atoms with Crippen molar-refractivity contribution in [3.8, 4) is 11.4 Å². The first-order valence-corrected chi connectivity index (χ1v) is 13.8. The molecule has 1 atom stereocenters. The van der Waals surface area contributed by atoms with E-state index in [1.54, 1.807) is 34.8 Å². The molecule has 3 fully saturated rings. The highest BCUT2D eigenvalue weighted by Crippen LogP contribution is 2.37. The first-order chi connectivity index (χ1) is 19.8. The third-order valence-electron chi connectivity index (χ3n) is 8.08. The van der Waals surface area contributed by atoms with E-state index in [1.807, 2.05) is 0 Å². The van der Waals surface area contributed by atoms with Gasteiger partial charge in [0.05, 0.1) is 0 Å². The van der Waals surface area contributed by atoms with Crippen LogP contribution in [0.3, 0.4) is 0 Å². The van der Waals surface area contributed by atoms with Crippen LogP contribution in [0.2, 0.25) is 0 Å². The highest BCUT2D eigenvalue weighted by molar-refractivity contribution is 6.05. The fourth-order valence-corrected chi connectivity index (χ4v) is 5.61. The Labute approximate surface area is 233 Å². The minimum absolute atomic E-state index is 0.0165. The average molecular weight is 558 g/mol. The molecule has 0 spiro atoms. The molecule has 4 heterocycles. The lowest BCUT2D eigenvalue weighted by atomic mass is 10.1. The quantitative estimate of drug-likeness (QED) is 0.373. The molecule has 2 saturated carbocycles. The van der Waals surface area contributed by atoms with Crippen LogP contribution in [0, 0.1) is 11.7 Å². The summed E-state index contributed by atoms with van der Waals surface area (Å²) in [7, 11) is 1.73. The number of H-pyrrole nitrogens is 1. The third-order valence-corrected chi connectivity index (χ3v) is 8.08. The summed E-state index contributed by atoms with van der Waals surface area (Å²) in [5, 5.41) is 0. The number of hydrogen-bond acceptors (Lipinski definition) is 6. The molecule has 1 saturated heterocycles. The first kappa shape index (κ1) is 25.4. The molecule has 2 aliphatic carbocycles. The van der Waals surface area contributed by atoms with Gasteiger partial charge in [-0.05, 0) is 62.1 Å². The zero-order chi connectivity index (χ0) is 28.4. The topological polar surface area (TPSA) is 126 Å². The Morgan fingerprint density at radius 2 is 1.73 bits per heavy atom. The molecule has 210 valence electrons. The van der Waals surface area contributed by atoms with Crippen LogP contribution in [0.5, 0.6) is 0 Å². The number of carbonyl (C=O) groups is 2. The second-order valence-electron chi connectivity index (χ2n) is 11.2. The van der Waals surface area contributed by atoms with Crippen LogP contribution in [-0.2, 0) is 4.79 Å². The number of nitrogens with one attached hydrogen (secondary N) is 1. The van der Waals surface area contributed by atoms with Gasteiger partial charge in [0.25, 0.3) is 11.5 Å². The summed E-state index contributed by atoms with van der Waals surface area (Å²) < 4.78 is 16.5. The predicted molar refractivity (Wildman–Crippen MR) is 148 cm³/mol. The standard InChI is InChI=1S/C29H28FN7O4/c1-34-14-16(12-23(34)38)15-35(27(39)17-2-5-19(30)6-3-17)22-11-4-18(13-31-22)25-32-24-26(33-25)36(20-7-8-20)29(41)37(28(24)40)21-9-10-21/h2-6,11,13,16,20-21H,7-10,12,14-15H2,1H3,(H,32,33). The number of fused-ring (bicyclic) bond motifs is 1. The normalized spacial score (nSPS) is 18.8. The number of pyridine rings is 1. The molecule has 1 N–H and O–H groups in total. The monoisotopic (exact) mass is 557 g/mol. The maximum atomic E-state index is 13.5. The molecule has 0 radical (unpaired) electrons. The van der Waals surface area contributed by atoms with E-state index < -0.39 is 5.82 Å². The van der Waals surface area contributed by atoms with Crippen molar-refractivity contribution in [2.24, 2.45) is 5.92 Å². The van der Waals surface area contributed by atoms with Crippen molar-refractivity contribution in [2.45, 2.75) is 44.2 Å². The second-order valence-corrected chi connectivity index (χ2v) is 11.2. The predicted octanol–water partition coefficient (Wildman–Crippen LogP) is 2.88. The second kappa shape index (κ2) is 9.50. The minimum Gasteiger partial charge on any atom is -0.345 e. The molecule has 4 aromatic rings. The lowest BCUT2D eigenvalue weighted by Crippen LogP contribution is -2.39. The summed E-state index contributed by atoms with van der Waals surface area (Å²) in [5.41, 5.74) is 0.872. The summed E-state index contributed by atoms with van der Waals surface area (Å²) in [6.07, 6.45) is 5.25. The van der Waals surface area contributed by atoms with Gasteiger partial charge < -0.3 is 9.88 Å². The number of likely N-dealkylation sites (tertiary alicyclic amines) is 1. The van der Waals surface area contributed by atoms with E-state index in [0.29, 0.717) is 46.9 Å². The fraction of sp³-hybridized carbons (Fsp3) is 0.379. The van der Waals surface area contributed by atoms with Gasteiger partial charge in [0.1, 0.15) is 23.0 Å². The molecule has 1 aromatic carbocycles. The maximum Gasteiger partial charge on any atom is 0.333 e. The van der Waals surface area contributed by atoms with Crippen LogP contribution in [-0.4, -0.2) is 60.9 Å². The molecular formula is C29H28FN7O4. The number of rotatable bonds is 7. The molecule has 12 heteroatoms. The van der Waals surface area contributed by atoms with Crippen molar-refractivity contribution in [2.75, 3.05) is 25.0 Å². The molecule has 3 aromatic heterocycles. The number of benzene rings is 1. The van der Waals surface area contributed by atoms with E-state index in [4.69, 9.17) is 0 Å². The van der Waals surface area contributed by atoms with E-state index in [-0.39, 0.29) is 47.6 Å². The number of aromatic nitrogens is 5. The Hall–Kier alpha value is -4.61. The number of anilines is 1. The number of aromatic amines is 1. The van der Waals surface area contributed by atoms with Crippen LogP contribution in [0.15, 0.2) is 52.2 Å². The lowest BCUT2D eigenvalue weighted by Gasteiger charge is -2.25. The number of amides is 2. The van der Waals surface area contributed by atoms with Crippen LogP contribution >= 0.6 is 0 Å². The Kier molecular flexibility index (Phi) is 5.87. The van der Waals surface area contributed by atoms with Crippen LogP contribution in [0.4, 0.5) is 10.2 Å². The summed E-state index contributed by atoms with van der Waals surface area (Å²) in [4.78, 5) is 67.6. The van der Waals surface area contributed by atoms with E-state index in [0.717, 1.165) is 25.7 Å². The van der Waals surface area contributed by atoms with Gasteiger partial charge in [-0.2, -0.15) is 0 Å². The van der Waals surface area contributed by atoms with Crippen LogP contribution in [0.25, 0.3) is 22.6 Å². The third kappa shape index (κ3) is 4.52. The minimum atomic E-state index is -0.444. The van der Waals surface area contributed by atoms with Gasteiger partial charge in [0, 0.05) is 61.9 Å². The van der Waals surface area contributed by atoms with Gasteiger partial charge in [-0.3, -0.25) is 28.4 Å². The zero-order valence-corrected chi connectivity index (χ0v) is 22.4.